The summed E-state index contributed by atoms with van der Waals surface area (Å²) in [4.78, 5) is 10.8. The van der Waals surface area contributed by atoms with Gasteiger partial charge < -0.3 is 43.0 Å². The van der Waals surface area contributed by atoms with Crippen molar-refractivity contribution in [2.45, 2.75) is 94.8 Å². The first-order valence-electron chi connectivity index (χ1n) is 17.1. The summed E-state index contributed by atoms with van der Waals surface area (Å²) in [6.07, 6.45) is -9.02. The van der Waals surface area contributed by atoms with Crippen LogP contribution in [0, 0.1) is 10.1 Å². The monoisotopic (exact) mass is 699 g/mol. The Morgan fingerprint density at radius 3 is 1.80 bits per heavy atom. The molecule has 51 heavy (non-hydrogen) atoms. The van der Waals surface area contributed by atoms with Gasteiger partial charge in [0.15, 0.2) is 18.7 Å². The summed E-state index contributed by atoms with van der Waals surface area (Å²) in [5.41, 5.74) is 2.60. The molecule has 12 heteroatoms. The molecule has 12 nitrogen and oxygen atoms in total. The molecule has 11 atom stereocenters. The van der Waals surface area contributed by atoms with Crippen molar-refractivity contribution < 1.29 is 47.9 Å². The number of hydrogen-bond acceptors (Lipinski definition) is 11. The van der Waals surface area contributed by atoms with E-state index < -0.39 is 72.6 Å². The molecule has 268 valence electrons. The number of hydrogen-bond donors (Lipinski definition) is 1. The van der Waals surface area contributed by atoms with Crippen LogP contribution in [0.4, 0.5) is 5.69 Å². The molecule has 4 aromatic rings. The second kappa shape index (κ2) is 16.0. The van der Waals surface area contributed by atoms with Gasteiger partial charge in [0.2, 0.25) is 6.29 Å². The number of aliphatic hydroxyl groups excluding tert-OH is 1. The molecule has 3 saturated heterocycles. The second-order valence-electron chi connectivity index (χ2n) is 12.8. The number of nitro benzene ring substituents is 1. The highest BCUT2D eigenvalue weighted by atomic mass is 16.8. The Morgan fingerprint density at radius 1 is 0.647 bits per heavy atom. The van der Waals surface area contributed by atoms with Crippen LogP contribution in [0.5, 0.6) is 5.75 Å². The first-order valence-corrected chi connectivity index (χ1v) is 17.1. The molecule has 3 heterocycles. The summed E-state index contributed by atoms with van der Waals surface area (Å²) in [5.74, 6) is 0.326. The van der Waals surface area contributed by atoms with E-state index in [1.54, 1.807) is 0 Å². The zero-order chi connectivity index (χ0) is 35.3. The van der Waals surface area contributed by atoms with Gasteiger partial charge in [0.25, 0.3) is 5.69 Å². The molecule has 3 aliphatic rings. The summed E-state index contributed by atoms with van der Waals surface area (Å²) in [6.45, 7) is 4.12. The summed E-state index contributed by atoms with van der Waals surface area (Å²) >= 11 is 0. The van der Waals surface area contributed by atoms with Crippen LogP contribution in [0.1, 0.15) is 36.8 Å². The van der Waals surface area contributed by atoms with E-state index in [1.165, 1.54) is 24.3 Å². The highest BCUT2D eigenvalue weighted by Gasteiger charge is 2.56. The predicted molar refractivity (Wildman–Crippen MR) is 182 cm³/mol. The molecule has 0 aliphatic carbocycles. The number of fused-ring (bicyclic) bond motifs is 1. The number of nitro groups is 1. The number of rotatable bonds is 12. The minimum Gasteiger partial charge on any atom is -0.462 e. The van der Waals surface area contributed by atoms with E-state index in [-0.39, 0.29) is 18.9 Å². The molecule has 1 unspecified atom stereocenters. The van der Waals surface area contributed by atoms with E-state index in [1.807, 2.05) is 105 Å². The summed E-state index contributed by atoms with van der Waals surface area (Å²) < 4.78 is 51.5. The Morgan fingerprint density at radius 2 is 1.20 bits per heavy atom. The normalized spacial score (nSPS) is 31.9. The molecular formula is C39H41NO11. The predicted octanol–water partition coefficient (Wildman–Crippen LogP) is 5.86. The molecule has 7 rings (SSSR count). The number of non-ortho nitro benzene ring substituents is 1. The van der Waals surface area contributed by atoms with E-state index in [0.717, 1.165) is 16.7 Å². The van der Waals surface area contributed by atoms with Crippen molar-refractivity contribution >= 4 is 5.69 Å². The Bertz CT molecular complexity index is 1700. The van der Waals surface area contributed by atoms with Gasteiger partial charge in [-0.05, 0) is 37.1 Å². The van der Waals surface area contributed by atoms with Crippen LogP contribution in [0.2, 0.25) is 0 Å². The van der Waals surface area contributed by atoms with Crippen molar-refractivity contribution in [3.63, 3.8) is 0 Å². The number of nitrogens with zero attached hydrogens (tertiary/aromatic N) is 1. The highest BCUT2D eigenvalue weighted by molar-refractivity contribution is 5.36. The average molecular weight is 700 g/mol. The maximum Gasteiger partial charge on any atom is 0.269 e. The molecule has 0 aromatic heterocycles. The van der Waals surface area contributed by atoms with Crippen LogP contribution in [0.15, 0.2) is 115 Å². The summed E-state index contributed by atoms with van der Waals surface area (Å²) in [5, 5.41) is 23.2. The fourth-order valence-electron chi connectivity index (χ4n) is 6.62. The van der Waals surface area contributed by atoms with Gasteiger partial charge >= 0.3 is 0 Å². The van der Waals surface area contributed by atoms with Gasteiger partial charge in [-0.1, -0.05) is 91.0 Å². The third-order valence-electron chi connectivity index (χ3n) is 9.27. The van der Waals surface area contributed by atoms with Gasteiger partial charge in [-0.15, -0.1) is 0 Å². The Balaban J connectivity index is 1.17. The van der Waals surface area contributed by atoms with Crippen LogP contribution in [0.3, 0.4) is 0 Å². The van der Waals surface area contributed by atoms with Gasteiger partial charge in [0.05, 0.1) is 30.3 Å². The molecule has 4 aromatic carbocycles. The largest absolute Gasteiger partial charge is 0.462 e. The lowest BCUT2D eigenvalue weighted by molar-refractivity contribution is -0.384. The number of ether oxygens (including phenoxy) is 8. The molecule has 0 saturated carbocycles. The van der Waals surface area contributed by atoms with Gasteiger partial charge in [0.1, 0.15) is 36.3 Å². The molecular weight excluding hydrogens is 658 g/mol. The van der Waals surface area contributed by atoms with E-state index in [0.29, 0.717) is 5.75 Å². The Hall–Kier alpha value is -4.24. The minimum atomic E-state index is -1.14. The Labute approximate surface area is 295 Å². The van der Waals surface area contributed by atoms with Crippen molar-refractivity contribution in [3.05, 3.63) is 142 Å². The lowest BCUT2D eigenvalue weighted by Crippen LogP contribution is -2.64. The third-order valence-corrected chi connectivity index (χ3v) is 9.27. The van der Waals surface area contributed by atoms with Crippen LogP contribution in [-0.4, -0.2) is 71.4 Å². The molecule has 0 radical (unpaired) electrons. The van der Waals surface area contributed by atoms with Crippen LogP contribution < -0.4 is 4.74 Å². The SMILES string of the molecule is C[C@@H]1O[C@@H](O[C@H]2[C@H](Oc3ccc([N+](=O)[O-])cc3)O[C@@H](C)[C@H]3OC(c4ccccc4)O[C@@H]23)[C@H](OCc2ccccc2)[C@H](O)[C@H]1OCc1ccccc1. The standard InChI is InChI=1S/C39H41NO11/c1-24-32(44-22-26-12-6-3-7-13-26)31(41)34(45-23-27-14-8-4-9-15-27)38(46-24)51-36-35-33(49-37(50-35)28-16-10-5-11-17-28)25(2)47-39(36)48-30-20-18-29(19-21-30)40(42)43/h3-21,24-25,31-39,41H,22-23H2,1-2H3/t24-,25-,31+,32-,33+,34+,35+,36+,37?,38-,39-/m0/s1. The van der Waals surface area contributed by atoms with Crippen LogP contribution in [-0.2, 0) is 46.4 Å². The van der Waals surface area contributed by atoms with E-state index in [9.17, 15) is 15.2 Å². The maximum atomic E-state index is 11.9. The fourth-order valence-corrected chi connectivity index (χ4v) is 6.62. The highest BCUT2D eigenvalue weighted by Crippen LogP contribution is 2.42. The molecule has 0 amide bonds. The van der Waals surface area contributed by atoms with Crippen LogP contribution >= 0.6 is 0 Å². The summed E-state index contributed by atoms with van der Waals surface area (Å²) in [7, 11) is 0. The van der Waals surface area contributed by atoms with Crippen molar-refractivity contribution in [1.82, 2.24) is 0 Å². The first-order chi connectivity index (χ1) is 24.8. The van der Waals surface area contributed by atoms with Crippen molar-refractivity contribution in [1.29, 1.82) is 0 Å². The second-order valence-corrected chi connectivity index (χ2v) is 12.8. The van der Waals surface area contributed by atoms with Gasteiger partial charge in [-0.25, -0.2) is 0 Å². The fraction of sp³-hybridized carbons (Fsp3) is 0.385. The Kier molecular flexibility index (Phi) is 11.0. The lowest BCUT2D eigenvalue weighted by atomic mass is 9.97. The van der Waals surface area contributed by atoms with E-state index in [2.05, 4.69) is 0 Å². The van der Waals surface area contributed by atoms with Crippen LogP contribution in [0.25, 0.3) is 0 Å². The quantitative estimate of drug-likeness (QED) is 0.141. The van der Waals surface area contributed by atoms with Gasteiger partial charge in [-0.3, -0.25) is 10.1 Å². The van der Waals surface area contributed by atoms with Crippen molar-refractivity contribution in [3.8, 4) is 5.75 Å². The third kappa shape index (κ3) is 8.14. The van der Waals surface area contributed by atoms with Gasteiger partial charge in [0, 0.05) is 17.7 Å². The minimum absolute atomic E-state index is 0.0765. The number of benzene rings is 4. The number of aliphatic hydroxyl groups is 1. The average Bonchev–Trinajstić information content (AvgIpc) is 3.61. The van der Waals surface area contributed by atoms with E-state index in [4.69, 9.17) is 37.9 Å². The van der Waals surface area contributed by atoms with Crippen molar-refractivity contribution in [2.24, 2.45) is 0 Å². The summed E-state index contributed by atoms with van der Waals surface area (Å²) in [6, 6.07) is 34.6. The first kappa shape index (κ1) is 35.2. The molecule has 0 bridgehead atoms. The molecule has 0 spiro atoms. The maximum absolute atomic E-state index is 11.9. The van der Waals surface area contributed by atoms with Crippen molar-refractivity contribution in [2.75, 3.05) is 0 Å². The van der Waals surface area contributed by atoms with Gasteiger partial charge in [-0.2, -0.15) is 0 Å². The topological polar surface area (TPSA) is 137 Å². The molecule has 3 aliphatic heterocycles. The molecule has 3 fully saturated rings. The van der Waals surface area contributed by atoms with E-state index >= 15 is 0 Å². The zero-order valence-electron chi connectivity index (χ0n) is 28.2. The smallest absolute Gasteiger partial charge is 0.269 e. The zero-order valence-corrected chi connectivity index (χ0v) is 28.2. The lowest BCUT2D eigenvalue weighted by Gasteiger charge is -2.47. The molecule has 1 N–H and O–H groups in total.